The predicted molar refractivity (Wildman–Crippen MR) is 83.1 cm³/mol. The summed E-state index contributed by atoms with van der Waals surface area (Å²) in [6.07, 6.45) is 0. The molecule has 0 bridgehead atoms. The Balaban J connectivity index is 2.00. The first-order valence-corrected chi connectivity index (χ1v) is 6.44. The van der Waals surface area contributed by atoms with Crippen molar-refractivity contribution < 1.29 is 4.74 Å². The lowest BCUT2D eigenvalue weighted by molar-refractivity contribution is 0.415. The van der Waals surface area contributed by atoms with Crippen LogP contribution in [0, 0.1) is 6.92 Å². The van der Waals surface area contributed by atoms with E-state index in [1.165, 1.54) is 5.56 Å². The maximum absolute atomic E-state index is 5.88. The van der Waals surface area contributed by atoms with Crippen molar-refractivity contribution in [3.05, 3.63) is 59.7 Å². The second kappa shape index (κ2) is 6.61. The van der Waals surface area contributed by atoms with E-state index in [-0.39, 0.29) is 0 Å². The smallest absolute Gasteiger partial charge is 0.193 e. The second-order valence-electron chi connectivity index (χ2n) is 4.55. The van der Waals surface area contributed by atoms with Crippen LogP contribution in [0.1, 0.15) is 11.1 Å². The Labute approximate surface area is 119 Å². The molecule has 0 aromatic heterocycles. The topological polar surface area (TPSA) is 59.6 Å². The van der Waals surface area contributed by atoms with Gasteiger partial charge in [0.25, 0.3) is 0 Å². The Hall–Kier alpha value is -2.49. The molecular weight excluding hydrogens is 250 g/mol. The molecule has 2 rings (SSSR count). The average molecular weight is 269 g/mol. The number of nitrogens with two attached hydrogens (primary N) is 1. The summed E-state index contributed by atoms with van der Waals surface area (Å²) in [5.41, 5.74) is 9.10. The molecule has 0 saturated heterocycles. The van der Waals surface area contributed by atoms with Gasteiger partial charge in [-0.05, 0) is 24.6 Å². The molecule has 0 aliphatic heterocycles. The summed E-state index contributed by atoms with van der Waals surface area (Å²) in [4.78, 5) is 4.33. The number of rotatable bonds is 4. The van der Waals surface area contributed by atoms with Crippen molar-refractivity contribution in [1.82, 2.24) is 0 Å². The minimum Gasteiger partial charge on any atom is -0.497 e. The third-order valence-electron chi connectivity index (χ3n) is 2.86. The molecule has 0 unspecified atom stereocenters. The molecule has 0 spiro atoms. The molecule has 0 heterocycles. The van der Waals surface area contributed by atoms with Crippen LogP contribution in [-0.2, 0) is 6.54 Å². The molecule has 3 N–H and O–H groups in total. The lowest BCUT2D eigenvalue weighted by Gasteiger charge is -2.07. The Morgan fingerprint density at radius 2 is 2.00 bits per heavy atom. The van der Waals surface area contributed by atoms with E-state index in [2.05, 4.69) is 29.4 Å². The van der Waals surface area contributed by atoms with Crippen LogP contribution >= 0.6 is 0 Å². The van der Waals surface area contributed by atoms with E-state index < -0.39 is 0 Å². The van der Waals surface area contributed by atoms with Crippen molar-refractivity contribution in [2.45, 2.75) is 13.5 Å². The van der Waals surface area contributed by atoms with E-state index in [4.69, 9.17) is 10.5 Å². The second-order valence-corrected chi connectivity index (χ2v) is 4.55. The number of methoxy groups -OCH3 is 1. The highest BCUT2D eigenvalue weighted by atomic mass is 16.5. The first-order chi connectivity index (χ1) is 9.67. The van der Waals surface area contributed by atoms with E-state index in [9.17, 15) is 0 Å². The molecule has 0 amide bonds. The molecule has 0 atom stereocenters. The number of hydrogen-bond donors (Lipinski definition) is 2. The van der Waals surface area contributed by atoms with Gasteiger partial charge in [0, 0.05) is 11.8 Å². The zero-order valence-electron chi connectivity index (χ0n) is 11.8. The molecular formula is C16H19N3O. The van der Waals surface area contributed by atoms with Crippen LogP contribution in [0.3, 0.4) is 0 Å². The molecule has 0 fully saturated rings. The molecule has 4 nitrogen and oxygen atoms in total. The van der Waals surface area contributed by atoms with Crippen molar-refractivity contribution in [2.24, 2.45) is 10.7 Å². The minimum absolute atomic E-state index is 0.389. The summed E-state index contributed by atoms with van der Waals surface area (Å²) in [7, 11) is 1.63. The van der Waals surface area contributed by atoms with Crippen molar-refractivity contribution >= 4 is 11.6 Å². The molecule has 0 saturated carbocycles. The summed E-state index contributed by atoms with van der Waals surface area (Å²) in [5.74, 6) is 1.17. The van der Waals surface area contributed by atoms with Crippen LogP contribution < -0.4 is 15.8 Å². The van der Waals surface area contributed by atoms with Crippen LogP contribution in [0.2, 0.25) is 0 Å². The third-order valence-corrected chi connectivity index (χ3v) is 2.86. The Morgan fingerprint density at radius 3 is 2.75 bits per heavy atom. The number of aryl methyl sites for hydroxylation is 1. The quantitative estimate of drug-likeness (QED) is 0.662. The maximum Gasteiger partial charge on any atom is 0.193 e. The number of nitrogens with zero attached hydrogens (tertiary/aromatic N) is 1. The maximum atomic E-state index is 5.88. The molecule has 2 aromatic carbocycles. The van der Waals surface area contributed by atoms with Gasteiger partial charge >= 0.3 is 0 Å². The predicted octanol–water partition coefficient (Wildman–Crippen LogP) is 2.93. The molecule has 104 valence electrons. The van der Waals surface area contributed by atoms with Crippen LogP contribution in [0.25, 0.3) is 0 Å². The summed E-state index contributed by atoms with van der Waals surface area (Å²) >= 11 is 0. The molecule has 20 heavy (non-hydrogen) atoms. The molecule has 2 aromatic rings. The van der Waals surface area contributed by atoms with Gasteiger partial charge in [0.05, 0.1) is 13.7 Å². The zero-order valence-corrected chi connectivity index (χ0v) is 11.8. The van der Waals surface area contributed by atoms with Gasteiger partial charge in [-0.1, -0.05) is 35.9 Å². The number of guanidine groups is 1. The SMILES string of the molecule is COc1cccc(NC(N)=NCc2cccc(C)c2)c1. The lowest BCUT2D eigenvalue weighted by atomic mass is 10.1. The fourth-order valence-corrected chi connectivity index (χ4v) is 1.88. The van der Waals surface area contributed by atoms with Gasteiger partial charge in [-0.2, -0.15) is 0 Å². The summed E-state index contributed by atoms with van der Waals surface area (Å²) in [6.45, 7) is 2.62. The normalized spacial score (nSPS) is 11.2. The Kier molecular flexibility index (Phi) is 4.60. The minimum atomic E-state index is 0.389. The first kappa shape index (κ1) is 13.9. The van der Waals surface area contributed by atoms with E-state index in [1.54, 1.807) is 7.11 Å². The largest absolute Gasteiger partial charge is 0.497 e. The Morgan fingerprint density at radius 1 is 1.20 bits per heavy atom. The van der Waals surface area contributed by atoms with Gasteiger partial charge in [0.1, 0.15) is 5.75 Å². The third kappa shape index (κ3) is 4.02. The number of benzene rings is 2. The number of anilines is 1. The summed E-state index contributed by atoms with van der Waals surface area (Å²) in [6, 6.07) is 15.8. The van der Waals surface area contributed by atoms with E-state index in [0.717, 1.165) is 17.0 Å². The van der Waals surface area contributed by atoms with Crippen molar-refractivity contribution in [3.8, 4) is 5.75 Å². The average Bonchev–Trinajstić information content (AvgIpc) is 2.45. The fourth-order valence-electron chi connectivity index (χ4n) is 1.88. The lowest BCUT2D eigenvalue weighted by Crippen LogP contribution is -2.22. The van der Waals surface area contributed by atoms with Gasteiger partial charge in [-0.15, -0.1) is 0 Å². The molecule has 0 radical (unpaired) electrons. The Bertz CT molecular complexity index is 608. The fraction of sp³-hybridized carbons (Fsp3) is 0.188. The van der Waals surface area contributed by atoms with Crippen LogP contribution in [0.15, 0.2) is 53.5 Å². The molecule has 0 aliphatic rings. The number of hydrogen-bond acceptors (Lipinski definition) is 2. The summed E-state index contributed by atoms with van der Waals surface area (Å²) < 4.78 is 5.16. The zero-order chi connectivity index (χ0) is 14.4. The molecule has 4 heteroatoms. The van der Waals surface area contributed by atoms with E-state index >= 15 is 0 Å². The standard InChI is InChI=1S/C16H19N3O/c1-12-5-3-6-13(9-12)11-18-16(17)19-14-7-4-8-15(10-14)20-2/h3-10H,11H2,1-2H3,(H3,17,18,19). The van der Waals surface area contributed by atoms with Gasteiger partial charge in [0.15, 0.2) is 5.96 Å². The van der Waals surface area contributed by atoms with Crippen LogP contribution in [0.5, 0.6) is 5.75 Å². The van der Waals surface area contributed by atoms with Gasteiger partial charge < -0.3 is 15.8 Å². The van der Waals surface area contributed by atoms with Crippen molar-refractivity contribution in [1.29, 1.82) is 0 Å². The van der Waals surface area contributed by atoms with E-state index in [1.807, 2.05) is 36.4 Å². The van der Waals surface area contributed by atoms with Crippen molar-refractivity contribution in [2.75, 3.05) is 12.4 Å². The number of aliphatic imine (C=N–C) groups is 1. The van der Waals surface area contributed by atoms with Gasteiger partial charge in [-0.25, -0.2) is 4.99 Å². The first-order valence-electron chi connectivity index (χ1n) is 6.44. The highest BCUT2D eigenvalue weighted by molar-refractivity contribution is 5.92. The van der Waals surface area contributed by atoms with Gasteiger partial charge in [0.2, 0.25) is 0 Å². The summed E-state index contributed by atoms with van der Waals surface area (Å²) in [5, 5.41) is 3.05. The van der Waals surface area contributed by atoms with Crippen LogP contribution in [0.4, 0.5) is 5.69 Å². The van der Waals surface area contributed by atoms with Crippen LogP contribution in [-0.4, -0.2) is 13.1 Å². The molecule has 0 aliphatic carbocycles. The van der Waals surface area contributed by atoms with Crippen molar-refractivity contribution in [3.63, 3.8) is 0 Å². The monoisotopic (exact) mass is 269 g/mol. The highest BCUT2D eigenvalue weighted by Gasteiger charge is 1.98. The van der Waals surface area contributed by atoms with E-state index in [0.29, 0.717) is 12.5 Å². The highest BCUT2D eigenvalue weighted by Crippen LogP contribution is 2.16. The number of nitrogens with one attached hydrogen (secondary N) is 1. The number of ether oxygens (including phenoxy) is 1. The van der Waals surface area contributed by atoms with Gasteiger partial charge in [-0.3, -0.25) is 0 Å².